The smallest absolute Gasteiger partial charge is 0.303 e. The molecule has 1 saturated carbocycles. The van der Waals surface area contributed by atoms with Crippen LogP contribution in [0.2, 0.25) is 0 Å². The number of nitriles is 1. The van der Waals surface area contributed by atoms with Crippen LogP contribution in [0.5, 0.6) is 5.75 Å². The van der Waals surface area contributed by atoms with Gasteiger partial charge >= 0.3 is 5.97 Å². The fourth-order valence-corrected chi connectivity index (χ4v) is 3.17. The average molecular weight is 291 g/mol. The molecule has 0 aromatic heterocycles. The summed E-state index contributed by atoms with van der Waals surface area (Å²) in [4.78, 5) is 10.7. The first-order chi connectivity index (χ1) is 9.63. The number of carbonyl (C=O) groups is 1. The van der Waals surface area contributed by atoms with Crippen LogP contribution < -0.4 is 4.74 Å². The number of nitrogens with zero attached hydrogens (tertiary/aromatic N) is 1. The van der Waals surface area contributed by atoms with Gasteiger partial charge in [-0.2, -0.15) is 17.0 Å². The van der Waals surface area contributed by atoms with Crippen LogP contribution in [0.1, 0.15) is 24.8 Å². The van der Waals surface area contributed by atoms with E-state index in [0.717, 1.165) is 30.1 Å². The summed E-state index contributed by atoms with van der Waals surface area (Å²) in [6.07, 6.45) is 2.35. The Kier molecular flexibility index (Phi) is 4.91. The number of rotatable bonds is 8. The van der Waals surface area contributed by atoms with Crippen LogP contribution in [0.15, 0.2) is 24.3 Å². The SMILES string of the molecule is N#Cc1ccc(OCCSCC2(CC(=O)O)CC2)cc1. The Morgan fingerprint density at radius 1 is 1.40 bits per heavy atom. The van der Waals surface area contributed by atoms with Gasteiger partial charge in [-0.25, -0.2) is 0 Å². The molecule has 4 nitrogen and oxygen atoms in total. The van der Waals surface area contributed by atoms with E-state index in [1.165, 1.54) is 0 Å². The van der Waals surface area contributed by atoms with Gasteiger partial charge in [-0.15, -0.1) is 0 Å². The molecule has 0 heterocycles. The van der Waals surface area contributed by atoms with Gasteiger partial charge in [0.2, 0.25) is 0 Å². The molecule has 0 aliphatic heterocycles. The Balaban J connectivity index is 1.62. The van der Waals surface area contributed by atoms with Crippen molar-refractivity contribution in [3.05, 3.63) is 29.8 Å². The largest absolute Gasteiger partial charge is 0.493 e. The van der Waals surface area contributed by atoms with Crippen molar-refractivity contribution in [2.75, 3.05) is 18.1 Å². The van der Waals surface area contributed by atoms with Gasteiger partial charge in [-0.1, -0.05) is 0 Å². The fraction of sp³-hybridized carbons (Fsp3) is 0.467. The van der Waals surface area contributed by atoms with E-state index in [-0.39, 0.29) is 11.8 Å². The number of aliphatic carboxylic acids is 1. The van der Waals surface area contributed by atoms with Crippen LogP contribution in [-0.4, -0.2) is 29.2 Å². The summed E-state index contributed by atoms with van der Waals surface area (Å²) in [5.74, 6) is 1.81. The summed E-state index contributed by atoms with van der Waals surface area (Å²) in [6.45, 7) is 0.597. The second-order valence-corrected chi connectivity index (χ2v) is 6.21. The topological polar surface area (TPSA) is 70.3 Å². The molecule has 1 aromatic rings. The fourth-order valence-electron chi connectivity index (χ4n) is 2.00. The summed E-state index contributed by atoms with van der Waals surface area (Å²) in [6, 6.07) is 9.10. The molecule has 1 fully saturated rings. The highest BCUT2D eigenvalue weighted by atomic mass is 32.2. The summed E-state index contributed by atoms with van der Waals surface area (Å²) < 4.78 is 5.58. The lowest BCUT2D eigenvalue weighted by atomic mass is 10.1. The van der Waals surface area contributed by atoms with E-state index in [2.05, 4.69) is 6.07 Å². The van der Waals surface area contributed by atoms with Crippen molar-refractivity contribution in [1.29, 1.82) is 5.26 Å². The maximum Gasteiger partial charge on any atom is 0.303 e. The van der Waals surface area contributed by atoms with Gasteiger partial charge in [0.15, 0.2) is 0 Å². The summed E-state index contributed by atoms with van der Waals surface area (Å²) in [7, 11) is 0. The standard InChI is InChI=1S/C15H17NO3S/c16-10-12-1-3-13(4-2-12)19-7-8-20-11-15(5-6-15)9-14(17)18/h1-4H,5-9,11H2,(H,17,18). The monoisotopic (exact) mass is 291 g/mol. The second kappa shape index (κ2) is 6.67. The molecule has 0 unspecified atom stereocenters. The minimum Gasteiger partial charge on any atom is -0.493 e. The molecule has 0 amide bonds. The van der Waals surface area contributed by atoms with E-state index < -0.39 is 5.97 Å². The Labute approximate surface area is 122 Å². The number of ether oxygens (including phenoxy) is 1. The molecule has 20 heavy (non-hydrogen) atoms. The number of thioether (sulfide) groups is 1. The molecule has 0 spiro atoms. The minimum atomic E-state index is -0.697. The van der Waals surface area contributed by atoms with Crippen molar-refractivity contribution < 1.29 is 14.6 Å². The van der Waals surface area contributed by atoms with Gasteiger partial charge in [0.25, 0.3) is 0 Å². The maximum absolute atomic E-state index is 10.7. The maximum atomic E-state index is 10.7. The van der Waals surface area contributed by atoms with Gasteiger partial charge in [-0.3, -0.25) is 4.79 Å². The molecule has 1 aromatic carbocycles. The van der Waals surface area contributed by atoms with Crippen molar-refractivity contribution in [3.8, 4) is 11.8 Å². The van der Waals surface area contributed by atoms with Crippen molar-refractivity contribution in [3.63, 3.8) is 0 Å². The zero-order valence-corrected chi connectivity index (χ0v) is 12.0. The zero-order valence-electron chi connectivity index (χ0n) is 11.2. The second-order valence-electron chi connectivity index (χ2n) is 5.11. The lowest BCUT2D eigenvalue weighted by Crippen LogP contribution is -2.12. The zero-order chi connectivity index (χ0) is 14.4. The van der Waals surface area contributed by atoms with E-state index in [0.29, 0.717) is 12.2 Å². The highest BCUT2D eigenvalue weighted by Crippen LogP contribution is 2.50. The van der Waals surface area contributed by atoms with E-state index in [9.17, 15) is 4.79 Å². The van der Waals surface area contributed by atoms with Crippen LogP contribution in [0.25, 0.3) is 0 Å². The molecule has 0 saturated heterocycles. The Morgan fingerprint density at radius 2 is 2.10 bits per heavy atom. The number of hydrogen-bond donors (Lipinski definition) is 1. The third kappa shape index (κ3) is 4.46. The number of carboxylic acid groups (broad SMARTS) is 1. The van der Waals surface area contributed by atoms with Crippen LogP contribution in [-0.2, 0) is 4.79 Å². The summed E-state index contributed by atoms with van der Waals surface area (Å²) >= 11 is 1.75. The van der Waals surface area contributed by atoms with E-state index in [4.69, 9.17) is 15.1 Å². The molecule has 1 aliphatic carbocycles. The lowest BCUT2D eigenvalue weighted by Gasteiger charge is -2.12. The van der Waals surface area contributed by atoms with E-state index in [1.54, 1.807) is 36.0 Å². The molecule has 0 bridgehead atoms. The average Bonchev–Trinajstić information content (AvgIpc) is 3.18. The number of benzene rings is 1. The molecule has 1 N–H and O–H groups in total. The van der Waals surface area contributed by atoms with Gasteiger partial charge in [0, 0.05) is 5.75 Å². The van der Waals surface area contributed by atoms with Gasteiger partial charge in [0.1, 0.15) is 5.75 Å². The predicted molar refractivity (Wildman–Crippen MR) is 77.9 cm³/mol. The van der Waals surface area contributed by atoms with Crippen LogP contribution in [0.4, 0.5) is 0 Å². The lowest BCUT2D eigenvalue weighted by molar-refractivity contribution is -0.138. The van der Waals surface area contributed by atoms with E-state index >= 15 is 0 Å². The summed E-state index contributed by atoms with van der Waals surface area (Å²) in [5.41, 5.74) is 0.668. The predicted octanol–water partition coefficient (Wildman–Crippen LogP) is 2.93. The molecule has 1 aliphatic rings. The normalized spacial score (nSPS) is 15.3. The molecule has 5 heteroatoms. The number of hydrogen-bond acceptors (Lipinski definition) is 4. The first-order valence-electron chi connectivity index (χ1n) is 6.56. The third-order valence-electron chi connectivity index (χ3n) is 3.37. The van der Waals surface area contributed by atoms with Gasteiger partial charge in [-0.05, 0) is 48.3 Å². The van der Waals surface area contributed by atoms with Crippen molar-refractivity contribution in [2.24, 2.45) is 5.41 Å². The molecular weight excluding hydrogens is 274 g/mol. The Morgan fingerprint density at radius 3 is 2.65 bits per heavy atom. The molecule has 2 rings (SSSR count). The number of carboxylic acids is 1. The Hall–Kier alpha value is -1.67. The van der Waals surface area contributed by atoms with Crippen LogP contribution >= 0.6 is 11.8 Å². The first-order valence-corrected chi connectivity index (χ1v) is 7.72. The molecule has 0 atom stereocenters. The highest BCUT2D eigenvalue weighted by Gasteiger charge is 2.43. The van der Waals surface area contributed by atoms with Crippen molar-refractivity contribution >= 4 is 17.7 Å². The first kappa shape index (κ1) is 14.7. The van der Waals surface area contributed by atoms with E-state index in [1.807, 2.05) is 0 Å². The van der Waals surface area contributed by atoms with Crippen molar-refractivity contribution in [1.82, 2.24) is 0 Å². The van der Waals surface area contributed by atoms with Crippen LogP contribution in [0.3, 0.4) is 0 Å². The van der Waals surface area contributed by atoms with Gasteiger partial charge in [0.05, 0.1) is 24.7 Å². The highest BCUT2D eigenvalue weighted by molar-refractivity contribution is 7.99. The third-order valence-corrected chi connectivity index (χ3v) is 4.64. The van der Waals surface area contributed by atoms with Crippen molar-refractivity contribution in [2.45, 2.75) is 19.3 Å². The minimum absolute atomic E-state index is 0.0466. The molecular formula is C15H17NO3S. The molecule has 0 radical (unpaired) electrons. The van der Waals surface area contributed by atoms with Crippen LogP contribution in [0, 0.1) is 16.7 Å². The Bertz CT molecular complexity index is 503. The van der Waals surface area contributed by atoms with Gasteiger partial charge < -0.3 is 9.84 Å². The quantitative estimate of drug-likeness (QED) is 0.746. The summed E-state index contributed by atoms with van der Waals surface area (Å²) in [5, 5.41) is 17.5. The molecule has 106 valence electrons.